The lowest BCUT2D eigenvalue weighted by Gasteiger charge is -2.35. The molecular weight excluding hydrogens is 270 g/mol. The minimum atomic E-state index is -0.880. The van der Waals surface area contributed by atoms with E-state index in [9.17, 15) is 4.21 Å². The van der Waals surface area contributed by atoms with Crippen LogP contribution in [0.15, 0.2) is 24.3 Å². The van der Waals surface area contributed by atoms with E-state index in [1.165, 1.54) is 0 Å². The molecule has 4 unspecified atom stereocenters. The third-order valence-electron chi connectivity index (χ3n) is 3.91. The first-order chi connectivity index (χ1) is 9.69. The summed E-state index contributed by atoms with van der Waals surface area (Å²) < 4.78 is 18.5. The largest absolute Gasteiger partial charge is 0.492 e. The van der Waals surface area contributed by atoms with Gasteiger partial charge in [0.05, 0.1) is 11.3 Å². The molecule has 0 amide bonds. The molecule has 20 heavy (non-hydrogen) atoms. The van der Waals surface area contributed by atoms with Gasteiger partial charge in [-0.2, -0.15) is 0 Å². The molecule has 3 nitrogen and oxygen atoms in total. The average Bonchev–Trinajstić information content (AvgIpc) is 2.50. The van der Waals surface area contributed by atoms with Gasteiger partial charge in [-0.05, 0) is 25.5 Å². The Morgan fingerprint density at radius 3 is 2.85 bits per heavy atom. The van der Waals surface area contributed by atoms with Gasteiger partial charge in [0, 0.05) is 21.6 Å². The highest BCUT2D eigenvalue weighted by molar-refractivity contribution is 7.86. The molecule has 0 bridgehead atoms. The molecule has 0 saturated carbocycles. The van der Waals surface area contributed by atoms with Gasteiger partial charge in [-0.3, -0.25) is 4.21 Å². The maximum atomic E-state index is 12.7. The summed E-state index contributed by atoms with van der Waals surface area (Å²) in [7, 11) is -0.880. The summed E-state index contributed by atoms with van der Waals surface area (Å²) >= 11 is 0. The van der Waals surface area contributed by atoms with Gasteiger partial charge < -0.3 is 10.1 Å². The van der Waals surface area contributed by atoms with Crippen molar-refractivity contribution >= 4 is 10.8 Å². The van der Waals surface area contributed by atoms with Gasteiger partial charge in [0.1, 0.15) is 12.4 Å². The summed E-state index contributed by atoms with van der Waals surface area (Å²) in [5.74, 6) is 0.929. The Balaban J connectivity index is 2.26. The van der Waals surface area contributed by atoms with Crippen LogP contribution in [0.3, 0.4) is 0 Å². The highest BCUT2D eigenvalue weighted by Gasteiger charge is 2.35. The molecule has 0 radical (unpaired) electrons. The first-order valence-corrected chi connectivity index (χ1v) is 8.81. The van der Waals surface area contributed by atoms with E-state index in [2.05, 4.69) is 32.2 Å². The second-order valence-electron chi connectivity index (χ2n) is 5.37. The summed E-state index contributed by atoms with van der Waals surface area (Å²) in [6.07, 6.45) is 2.01. The molecule has 2 rings (SSSR count). The molecule has 1 N–H and O–H groups in total. The predicted molar refractivity (Wildman–Crippen MR) is 84.7 cm³/mol. The van der Waals surface area contributed by atoms with Crippen molar-refractivity contribution in [3.63, 3.8) is 0 Å². The number of nitrogens with one attached hydrogen (secondary N) is 1. The molecule has 4 heteroatoms. The molecule has 0 spiro atoms. The molecule has 0 saturated heterocycles. The fraction of sp³-hybridized carbons (Fsp3) is 0.625. The smallest absolute Gasteiger partial charge is 0.124 e. The minimum absolute atomic E-state index is 0.0337. The van der Waals surface area contributed by atoms with Crippen molar-refractivity contribution in [1.82, 2.24) is 5.32 Å². The summed E-state index contributed by atoms with van der Waals surface area (Å²) in [6.45, 7) is 7.78. The normalized spacial score (nSPS) is 24.6. The lowest BCUT2D eigenvalue weighted by Crippen LogP contribution is -2.44. The molecule has 0 aromatic heterocycles. The first-order valence-electron chi connectivity index (χ1n) is 7.53. The van der Waals surface area contributed by atoms with Crippen LogP contribution >= 0.6 is 0 Å². The zero-order chi connectivity index (χ0) is 14.5. The van der Waals surface area contributed by atoms with Crippen LogP contribution in [0.4, 0.5) is 0 Å². The van der Waals surface area contributed by atoms with Crippen LogP contribution in [-0.2, 0) is 10.8 Å². The quantitative estimate of drug-likeness (QED) is 0.876. The van der Waals surface area contributed by atoms with Crippen molar-refractivity contribution in [2.24, 2.45) is 0 Å². The van der Waals surface area contributed by atoms with Crippen LogP contribution in [0.25, 0.3) is 0 Å². The molecule has 0 aliphatic carbocycles. The standard InChI is InChI=1S/C16H25NO2S/c1-4-10-17-16-13-8-6-7-9-14(13)19-11-15(16)20(18)12(3)5-2/h6-9,12,15-17H,4-5,10-11H2,1-3H3. The number of hydrogen-bond donors (Lipinski definition) is 1. The van der Waals surface area contributed by atoms with E-state index in [1.54, 1.807) is 0 Å². The summed E-state index contributed by atoms with van der Waals surface area (Å²) in [5, 5.41) is 3.81. The monoisotopic (exact) mass is 295 g/mol. The maximum Gasteiger partial charge on any atom is 0.124 e. The second kappa shape index (κ2) is 7.23. The van der Waals surface area contributed by atoms with E-state index in [-0.39, 0.29) is 16.5 Å². The summed E-state index contributed by atoms with van der Waals surface area (Å²) in [6, 6.07) is 8.23. The SMILES string of the molecule is CCCNC1c2ccccc2OCC1S(=O)C(C)CC. The number of rotatable bonds is 6. The fourth-order valence-electron chi connectivity index (χ4n) is 2.54. The number of fused-ring (bicyclic) bond motifs is 1. The Kier molecular flexibility index (Phi) is 5.61. The lowest BCUT2D eigenvalue weighted by atomic mass is 10.00. The van der Waals surface area contributed by atoms with Crippen LogP contribution < -0.4 is 10.1 Å². The molecular formula is C16H25NO2S. The van der Waals surface area contributed by atoms with Crippen molar-refractivity contribution in [1.29, 1.82) is 0 Å². The highest BCUT2D eigenvalue weighted by atomic mass is 32.2. The van der Waals surface area contributed by atoms with Gasteiger partial charge in [-0.15, -0.1) is 0 Å². The van der Waals surface area contributed by atoms with E-state index in [0.717, 1.165) is 30.7 Å². The van der Waals surface area contributed by atoms with Crippen LogP contribution in [0.2, 0.25) is 0 Å². The minimum Gasteiger partial charge on any atom is -0.492 e. The van der Waals surface area contributed by atoms with E-state index < -0.39 is 10.8 Å². The Hall–Kier alpha value is -0.870. The molecule has 1 aromatic carbocycles. The molecule has 1 aliphatic rings. The van der Waals surface area contributed by atoms with E-state index in [1.807, 2.05) is 18.2 Å². The van der Waals surface area contributed by atoms with Crippen LogP contribution in [0, 0.1) is 0 Å². The van der Waals surface area contributed by atoms with Crippen molar-refractivity contribution < 1.29 is 8.95 Å². The zero-order valence-electron chi connectivity index (χ0n) is 12.6. The third-order valence-corrected chi connectivity index (χ3v) is 6.04. The Morgan fingerprint density at radius 1 is 1.40 bits per heavy atom. The Morgan fingerprint density at radius 2 is 2.15 bits per heavy atom. The molecule has 1 aromatic rings. The number of para-hydroxylation sites is 1. The van der Waals surface area contributed by atoms with Crippen molar-refractivity contribution in [2.45, 2.75) is 50.2 Å². The van der Waals surface area contributed by atoms with E-state index in [4.69, 9.17) is 4.74 Å². The summed E-state index contributed by atoms with van der Waals surface area (Å²) in [4.78, 5) is 0. The van der Waals surface area contributed by atoms with Crippen LogP contribution in [0.5, 0.6) is 5.75 Å². The number of hydrogen-bond acceptors (Lipinski definition) is 3. The van der Waals surface area contributed by atoms with Gasteiger partial charge in [-0.1, -0.05) is 39.0 Å². The average molecular weight is 295 g/mol. The van der Waals surface area contributed by atoms with Gasteiger partial charge in [0.2, 0.25) is 0 Å². The molecule has 0 fully saturated rings. The lowest BCUT2D eigenvalue weighted by molar-refractivity contribution is 0.257. The van der Waals surface area contributed by atoms with Gasteiger partial charge >= 0.3 is 0 Å². The Bertz CT molecular complexity index is 464. The molecule has 1 heterocycles. The zero-order valence-corrected chi connectivity index (χ0v) is 13.4. The van der Waals surface area contributed by atoms with Crippen LogP contribution in [0.1, 0.15) is 45.2 Å². The molecule has 4 atom stereocenters. The highest BCUT2D eigenvalue weighted by Crippen LogP contribution is 2.35. The number of ether oxygens (including phenoxy) is 1. The van der Waals surface area contributed by atoms with Crippen molar-refractivity contribution in [3.8, 4) is 5.75 Å². The molecule has 112 valence electrons. The Labute approximate surface area is 124 Å². The van der Waals surface area contributed by atoms with Crippen LogP contribution in [-0.4, -0.2) is 27.9 Å². The third kappa shape index (κ3) is 3.23. The topological polar surface area (TPSA) is 38.3 Å². The predicted octanol–water partition coefficient (Wildman–Crippen LogP) is 3.04. The fourth-order valence-corrected chi connectivity index (χ4v) is 4.18. The maximum absolute atomic E-state index is 12.7. The molecule has 1 aliphatic heterocycles. The first kappa shape index (κ1) is 15.5. The van der Waals surface area contributed by atoms with Gasteiger partial charge in [-0.25, -0.2) is 0 Å². The summed E-state index contributed by atoms with van der Waals surface area (Å²) in [5.41, 5.74) is 1.15. The van der Waals surface area contributed by atoms with E-state index >= 15 is 0 Å². The number of benzene rings is 1. The van der Waals surface area contributed by atoms with Gasteiger partial charge in [0.25, 0.3) is 0 Å². The van der Waals surface area contributed by atoms with Gasteiger partial charge in [0.15, 0.2) is 0 Å². The van der Waals surface area contributed by atoms with Crippen molar-refractivity contribution in [3.05, 3.63) is 29.8 Å². The second-order valence-corrected chi connectivity index (χ2v) is 7.43. The van der Waals surface area contributed by atoms with E-state index in [0.29, 0.717) is 6.61 Å². The van der Waals surface area contributed by atoms with Crippen molar-refractivity contribution in [2.75, 3.05) is 13.2 Å².